The van der Waals surface area contributed by atoms with Gasteiger partial charge in [-0.2, -0.15) is 12.6 Å². The van der Waals surface area contributed by atoms with E-state index in [2.05, 4.69) is 12.6 Å². The zero-order valence-corrected chi connectivity index (χ0v) is 10.7. The highest BCUT2D eigenvalue weighted by molar-refractivity contribution is 7.80. The van der Waals surface area contributed by atoms with Crippen LogP contribution < -0.4 is 0 Å². The Kier molecular flexibility index (Phi) is 3.64. The molecule has 2 aliphatic rings. The van der Waals surface area contributed by atoms with Crippen LogP contribution in [0, 0.1) is 5.41 Å². The molecule has 0 spiro atoms. The van der Waals surface area contributed by atoms with Crippen molar-refractivity contribution in [2.75, 3.05) is 45.6 Å². The predicted molar refractivity (Wildman–Crippen MR) is 65.9 cm³/mol. The monoisotopic (exact) mass is 244 g/mol. The lowest BCUT2D eigenvalue weighted by atomic mass is 9.81. The molecule has 0 aliphatic carbocycles. The van der Waals surface area contributed by atoms with Crippen LogP contribution in [0.2, 0.25) is 0 Å². The summed E-state index contributed by atoms with van der Waals surface area (Å²) in [4.78, 5) is 15.6. The zero-order valence-electron chi connectivity index (χ0n) is 9.81. The van der Waals surface area contributed by atoms with Crippen LogP contribution in [0.3, 0.4) is 0 Å². The molecule has 92 valence electrons. The molecular weight excluding hydrogens is 224 g/mol. The number of carbonyl (C=O) groups is 1. The quantitative estimate of drug-likeness (QED) is 0.754. The van der Waals surface area contributed by atoms with Gasteiger partial charge >= 0.3 is 6.03 Å². The van der Waals surface area contributed by atoms with Crippen molar-refractivity contribution in [1.82, 2.24) is 9.80 Å². The summed E-state index contributed by atoms with van der Waals surface area (Å²) >= 11 is 4.47. The summed E-state index contributed by atoms with van der Waals surface area (Å²) in [5.41, 5.74) is 0.169. The highest BCUT2D eigenvalue weighted by atomic mass is 32.1. The van der Waals surface area contributed by atoms with E-state index in [9.17, 15) is 4.79 Å². The van der Waals surface area contributed by atoms with Crippen LogP contribution in [-0.2, 0) is 4.74 Å². The van der Waals surface area contributed by atoms with Crippen molar-refractivity contribution in [2.45, 2.75) is 12.8 Å². The number of ether oxygens (including phenoxy) is 1. The van der Waals surface area contributed by atoms with Crippen LogP contribution in [0.25, 0.3) is 0 Å². The van der Waals surface area contributed by atoms with E-state index in [1.54, 1.807) is 4.90 Å². The Labute approximate surface area is 102 Å². The summed E-state index contributed by atoms with van der Waals surface area (Å²) in [5.74, 6) is 0.837. The molecule has 0 aromatic rings. The lowest BCUT2D eigenvalue weighted by molar-refractivity contribution is 0.0152. The van der Waals surface area contributed by atoms with Crippen LogP contribution >= 0.6 is 12.6 Å². The highest BCUT2D eigenvalue weighted by Crippen LogP contribution is 2.33. The lowest BCUT2D eigenvalue weighted by Crippen LogP contribution is -2.44. The molecule has 2 amide bonds. The van der Waals surface area contributed by atoms with Crippen molar-refractivity contribution in [1.29, 1.82) is 0 Å². The van der Waals surface area contributed by atoms with Gasteiger partial charge in [0.15, 0.2) is 0 Å². The van der Waals surface area contributed by atoms with E-state index < -0.39 is 0 Å². The van der Waals surface area contributed by atoms with Gasteiger partial charge in [0.05, 0.1) is 0 Å². The number of thiol groups is 1. The summed E-state index contributed by atoms with van der Waals surface area (Å²) in [6.45, 7) is 4.14. The van der Waals surface area contributed by atoms with E-state index >= 15 is 0 Å². The minimum Gasteiger partial charge on any atom is -0.381 e. The largest absolute Gasteiger partial charge is 0.381 e. The van der Waals surface area contributed by atoms with Crippen LogP contribution in [0.15, 0.2) is 0 Å². The number of nitrogens with zero attached hydrogens (tertiary/aromatic N) is 2. The molecule has 2 heterocycles. The molecule has 4 nitrogen and oxygen atoms in total. The van der Waals surface area contributed by atoms with E-state index in [-0.39, 0.29) is 11.4 Å². The third-order valence-corrected chi connectivity index (χ3v) is 4.39. The normalized spacial score (nSPS) is 25.2. The maximum Gasteiger partial charge on any atom is 0.319 e. The molecule has 0 bridgehead atoms. The van der Waals surface area contributed by atoms with Gasteiger partial charge in [-0.25, -0.2) is 4.79 Å². The van der Waals surface area contributed by atoms with Gasteiger partial charge in [0, 0.05) is 45.3 Å². The Morgan fingerprint density at radius 3 is 2.56 bits per heavy atom. The molecule has 0 N–H and O–H groups in total. The topological polar surface area (TPSA) is 32.8 Å². The van der Waals surface area contributed by atoms with Gasteiger partial charge in [-0.1, -0.05) is 0 Å². The minimum absolute atomic E-state index is 0.160. The van der Waals surface area contributed by atoms with Crippen LogP contribution in [0.1, 0.15) is 12.8 Å². The summed E-state index contributed by atoms with van der Waals surface area (Å²) in [7, 11) is 1.86. The zero-order chi connectivity index (χ0) is 11.6. The van der Waals surface area contributed by atoms with E-state index in [4.69, 9.17) is 4.74 Å². The SMILES string of the molecule is CN1CCN(CC2(CS)CCOCC2)C1=O. The van der Waals surface area contributed by atoms with Gasteiger partial charge < -0.3 is 14.5 Å². The fourth-order valence-electron chi connectivity index (χ4n) is 2.43. The molecule has 0 aromatic heterocycles. The van der Waals surface area contributed by atoms with Crippen molar-refractivity contribution >= 4 is 18.7 Å². The maximum absolute atomic E-state index is 11.8. The van der Waals surface area contributed by atoms with Crippen LogP contribution in [0.4, 0.5) is 4.79 Å². The summed E-state index contributed by atoms with van der Waals surface area (Å²) in [6.07, 6.45) is 2.04. The number of hydrogen-bond donors (Lipinski definition) is 1. The summed E-state index contributed by atoms with van der Waals surface area (Å²) < 4.78 is 5.39. The van der Waals surface area contributed by atoms with Gasteiger partial charge in [-0.3, -0.25) is 0 Å². The third kappa shape index (κ3) is 2.30. The first kappa shape index (κ1) is 12.0. The first-order chi connectivity index (χ1) is 7.67. The average molecular weight is 244 g/mol. The molecule has 2 aliphatic heterocycles. The first-order valence-electron chi connectivity index (χ1n) is 5.86. The molecule has 16 heavy (non-hydrogen) atoms. The van der Waals surface area contributed by atoms with Crippen molar-refractivity contribution in [3.8, 4) is 0 Å². The molecule has 5 heteroatoms. The summed E-state index contributed by atoms with van der Waals surface area (Å²) in [6, 6.07) is 0.160. The number of rotatable bonds is 3. The summed E-state index contributed by atoms with van der Waals surface area (Å²) in [5, 5.41) is 0. The van der Waals surface area contributed by atoms with Gasteiger partial charge in [-0.15, -0.1) is 0 Å². The standard InChI is InChI=1S/C11H20N2O2S/c1-12-4-5-13(10(12)14)8-11(9-16)2-6-15-7-3-11/h16H,2-9H2,1H3. The second kappa shape index (κ2) is 4.84. The van der Waals surface area contributed by atoms with Crippen molar-refractivity contribution < 1.29 is 9.53 Å². The van der Waals surface area contributed by atoms with Crippen molar-refractivity contribution in [3.63, 3.8) is 0 Å². The molecule has 2 fully saturated rings. The van der Waals surface area contributed by atoms with Crippen molar-refractivity contribution in [2.24, 2.45) is 5.41 Å². The van der Waals surface area contributed by atoms with Crippen molar-refractivity contribution in [3.05, 3.63) is 0 Å². The second-order valence-electron chi connectivity index (χ2n) is 4.90. The number of carbonyl (C=O) groups excluding carboxylic acids is 1. The molecule has 0 aromatic carbocycles. The van der Waals surface area contributed by atoms with Crippen LogP contribution in [0.5, 0.6) is 0 Å². The fourth-order valence-corrected chi connectivity index (χ4v) is 2.84. The number of hydrogen-bond acceptors (Lipinski definition) is 3. The maximum atomic E-state index is 11.8. The van der Waals surface area contributed by atoms with Gasteiger partial charge in [0.2, 0.25) is 0 Å². The Morgan fingerprint density at radius 2 is 2.06 bits per heavy atom. The molecule has 2 rings (SSSR count). The Hall–Kier alpha value is -0.420. The number of urea groups is 1. The number of amides is 2. The third-order valence-electron chi connectivity index (χ3n) is 3.72. The highest BCUT2D eigenvalue weighted by Gasteiger charge is 2.37. The fraction of sp³-hybridized carbons (Fsp3) is 0.909. The Bertz CT molecular complexity index is 267. The first-order valence-corrected chi connectivity index (χ1v) is 6.49. The van der Waals surface area contributed by atoms with Gasteiger partial charge in [-0.05, 0) is 18.6 Å². The molecule has 0 saturated carbocycles. The lowest BCUT2D eigenvalue weighted by Gasteiger charge is -2.38. The molecule has 0 radical (unpaired) electrons. The Balaban J connectivity index is 1.98. The molecule has 0 unspecified atom stereocenters. The van der Waals surface area contributed by atoms with E-state index in [1.807, 2.05) is 11.9 Å². The molecule has 0 atom stereocenters. The molecular formula is C11H20N2O2S. The Morgan fingerprint density at radius 1 is 1.38 bits per heavy atom. The minimum atomic E-state index is 0.160. The van der Waals surface area contributed by atoms with Gasteiger partial charge in [0.25, 0.3) is 0 Å². The number of likely N-dealkylation sites (N-methyl/N-ethyl adjacent to an activating group) is 1. The molecule has 2 saturated heterocycles. The van der Waals surface area contributed by atoms with E-state index in [0.717, 1.165) is 51.4 Å². The van der Waals surface area contributed by atoms with E-state index in [1.165, 1.54) is 0 Å². The van der Waals surface area contributed by atoms with Crippen LogP contribution in [-0.4, -0.2) is 61.5 Å². The average Bonchev–Trinajstić information content (AvgIpc) is 2.62. The second-order valence-corrected chi connectivity index (χ2v) is 5.21. The smallest absolute Gasteiger partial charge is 0.319 e. The predicted octanol–water partition coefficient (Wildman–Crippen LogP) is 1.08. The van der Waals surface area contributed by atoms with Gasteiger partial charge in [0.1, 0.15) is 0 Å². The van der Waals surface area contributed by atoms with E-state index in [0.29, 0.717) is 0 Å².